The van der Waals surface area contributed by atoms with Gasteiger partial charge in [-0.05, 0) is 30.2 Å². The van der Waals surface area contributed by atoms with Crippen LogP contribution in [0, 0.1) is 11.8 Å². The van der Waals surface area contributed by atoms with Gasteiger partial charge in [-0.25, -0.2) is 0 Å². The first kappa shape index (κ1) is 12.2. The quantitative estimate of drug-likeness (QED) is 0.889. The molecule has 1 aliphatic heterocycles. The molecule has 4 atom stereocenters. The lowest BCUT2D eigenvalue weighted by Crippen LogP contribution is -2.18. The Balaban J connectivity index is 1.47. The topological polar surface area (TPSA) is 38.7 Å². The van der Waals surface area contributed by atoms with Gasteiger partial charge >= 0.3 is 0 Å². The molecule has 1 heterocycles. The van der Waals surface area contributed by atoms with E-state index in [1.54, 1.807) is 0 Å². The van der Waals surface area contributed by atoms with Crippen molar-refractivity contribution in [1.82, 2.24) is 0 Å². The van der Waals surface area contributed by atoms with E-state index in [9.17, 15) is 5.11 Å². The van der Waals surface area contributed by atoms with Gasteiger partial charge in [-0.3, -0.25) is 0 Å². The van der Waals surface area contributed by atoms with Crippen molar-refractivity contribution in [1.29, 1.82) is 0 Å². The van der Waals surface area contributed by atoms with E-state index in [0.717, 1.165) is 25.9 Å². The lowest BCUT2D eigenvalue weighted by Gasteiger charge is -2.17. The van der Waals surface area contributed by atoms with E-state index in [2.05, 4.69) is 12.1 Å². The van der Waals surface area contributed by atoms with Gasteiger partial charge in [0.2, 0.25) is 0 Å². The molecule has 1 saturated carbocycles. The van der Waals surface area contributed by atoms with Crippen LogP contribution in [0.1, 0.15) is 24.8 Å². The molecule has 0 amide bonds. The zero-order chi connectivity index (χ0) is 12.4. The summed E-state index contributed by atoms with van der Waals surface area (Å²) in [4.78, 5) is 0. The minimum absolute atomic E-state index is 0.269. The zero-order valence-corrected chi connectivity index (χ0v) is 10.5. The molecular formula is C15H20O3. The molecule has 3 nitrogen and oxygen atoms in total. The molecule has 2 fully saturated rings. The highest BCUT2D eigenvalue weighted by atomic mass is 16.6. The van der Waals surface area contributed by atoms with Crippen LogP contribution in [-0.4, -0.2) is 24.1 Å². The minimum atomic E-state index is -0.545. The Morgan fingerprint density at radius 2 is 2.06 bits per heavy atom. The van der Waals surface area contributed by atoms with Gasteiger partial charge in [0, 0.05) is 6.42 Å². The van der Waals surface area contributed by atoms with Gasteiger partial charge in [0.15, 0.2) is 6.29 Å². The van der Waals surface area contributed by atoms with Gasteiger partial charge in [-0.1, -0.05) is 30.3 Å². The highest BCUT2D eigenvalue weighted by Gasteiger charge is 2.43. The summed E-state index contributed by atoms with van der Waals surface area (Å²) in [5.41, 5.74) is 1.22. The first-order chi connectivity index (χ1) is 8.83. The van der Waals surface area contributed by atoms with Gasteiger partial charge in [0.1, 0.15) is 0 Å². The second-order valence-corrected chi connectivity index (χ2v) is 5.37. The Hall–Kier alpha value is -0.900. The van der Waals surface area contributed by atoms with E-state index in [1.807, 2.05) is 18.2 Å². The van der Waals surface area contributed by atoms with Crippen molar-refractivity contribution in [2.45, 2.75) is 38.3 Å². The Morgan fingerprint density at radius 3 is 2.89 bits per heavy atom. The molecule has 1 saturated heterocycles. The molecule has 3 rings (SSSR count). The second-order valence-electron chi connectivity index (χ2n) is 5.37. The number of aliphatic hydroxyl groups excluding tert-OH is 1. The summed E-state index contributed by atoms with van der Waals surface area (Å²) in [6.45, 7) is 1.46. The molecule has 1 aromatic carbocycles. The summed E-state index contributed by atoms with van der Waals surface area (Å²) in [7, 11) is 0. The number of benzene rings is 1. The molecular weight excluding hydrogens is 228 g/mol. The van der Waals surface area contributed by atoms with Gasteiger partial charge in [0.25, 0.3) is 0 Å². The van der Waals surface area contributed by atoms with Crippen molar-refractivity contribution in [2.75, 3.05) is 6.61 Å². The maximum Gasteiger partial charge on any atom is 0.155 e. The predicted octanol–water partition coefficient (Wildman–Crippen LogP) is 2.34. The number of fused-ring (bicyclic) bond motifs is 1. The fourth-order valence-corrected chi connectivity index (χ4v) is 3.22. The molecule has 0 aromatic heterocycles. The van der Waals surface area contributed by atoms with Crippen LogP contribution in [0.2, 0.25) is 0 Å². The number of ether oxygens (including phenoxy) is 2. The van der Waals surface area contributed by atoms with Gasteiger partial charge in [-0.15, -0.1) is 0 Å². The molecule has 3 heteroatoms. The van der Waals surface area contributed by atoms with E-state index in [0.29, 0.717) is 18.4 Å². The average molecular weight is 248 g/mol. The number of rotatable bonds is 4. The van der Waals surface area contributed by atoms with Crippen LogP contribution in [0.25, 0.3) is 0 Å². The fourth-order valence-electron chi connectivity index (χ4n) is 3.22. The highest BCUT2D eigenvalue weighted by Crippen LogP contribution is 2.42. The van der Waals surface area contributed by atoms with Gasteiger partial charge in [0.05, 0.1) is 19.3 Å². The predicted molar refractivity (Wildman–Crippen MR) is 67.8 cm³/mol. The van der Waals surface area contributed by atoms with Crippen LogP contribution in [-0.2, 0) is 16.1 Å². The van der Waals surface area contributed by atoms with E-state index < -0.39 is 6.29 Å². The average Bonchev–Trinajstić information content (AvgIpc) is 2.91. The third kappa shape index (κ3) is 2.58. The van der Waals surface area contributed by atoms with Gasteiger partial charge < -0.3 is 14.6 Å². The van der Waals surface area contributed by atoms with Crippen molar-refractivity contribution in [3.63, 3.8) is 0 Å². The molecule has 98 valence electrons. The smallest absolute Gasteiger partial charge is 0.155 e. The number of aliphatic hydroxyl groups is 1. The van der Waals surface area contributed by atoms with E-state index in [1.165, 1.54) is 5.56 Å². The lowest BCUT2D eigenvalue weighted by molar-refractivity contribution is -0.0906. The van der Waals surface area contributed by atoms with E-state index in [-0.39, 0.29) is 6.10 Å². The van der Waals surface area contributed by atoms with Crippen LogP contribution in [0.4, 0.5) is 0 Å². The standard InChI is InChI=1S/C15H20O3/c16-15-8-13-12(6-7-14(13)18-15)10-17-9-11-4-2-1-3-5-11/h1-5,12-16H,6-10H2. The Morgan fingerprint density at radius 1 is 1.22 bits per heavy atom. The second kappa shape index (κ2) is 5.39. The summed E-state index contributed by atoms with van der Waals surface area (Å²) in [5.74, 6) is 1.05. The largest absolute Gasteiger partial charge is 0.376 e. The number of hydrogen-bond donors (Lipinski definition) is 1. The van der Waals surface area contributed by atoms with E-state index in [4.69, 9.17) is 9.47 Å². The summed E-state index contributed by atoms with van der Waals surface area (Å²) in [5, 5.41) is 9.49. The monoisotopic (exact) mass is 248 g/mol. The number of hydrogen-bond acceptors (Lipinski definition) is 3. The molecule has 4 unspecified atom stereocenters. The highest BCUT2D eigenvalue weighted by molar-refractivity contribution is 5.13. The molecule has 1 N–H and O–H groups in total. The molecule has 1 aromatic rings. The van der Waals surface area contributed by atoms with Gasteiger partial charge in [-0.2, -0.15) is 0 Å². The summed E-state index contributed by atoms with van der Waals surface area (Å²) >= 11 is 0. The minimum Gasteiger partial charge on any atom is -0.376 e. The SMILES string of the molecule is OC1CC2C(COCc3ccccc3)CCC2O1. The van der Waals surface area contributed by atoms with Crippen LogP contribution in [0.15, 0.2) is 30.3 Å². The van der Waals surface area contributed by atoms with Crippen molar-refractivity contribution < 1.29 is 14.6 Å². The van der Waals surface area contributed by atoms with Crippen LogP contribution in [0.5, 0.6) is 0 Å². The fraction of sp³-hybridized carbons (Fsp3) is 0.600. The molecule has 1 aliphatic carbocycles. The summed E-state index contributed by atoms with van der Waals surface area (Å²) < 4.78 is 11.3. The maximum absolute atomic E-state index is 9.49. The van der Waals surface area contributed by atoms with Crippen LogP contribution >= 0.6 is 0 Å². The van der Waals surface area contributed by atoms with Crippen molar-refractivity contribution in [3.8, 4) is 0 Å². The van der Waals surface area contributed by atoms with Crippen molar-refractivity contribution in [3.05, 3.63) is 35.9 Å². The molecule has 18 heavy (non-hydrogen) atoms. The molecule has 0 bridgehead atoms. The molecule has 0 spiro atoms. The molecule has 2 aliphatic rings. The first-order valence-corrected chi connectivity index (χ1v) is 6.78. The van der Waals surface area contributed by atoms with Crippen molar-refractivity contribution >= 4 is 0 Å². The van der Waals surface area contributed by atoms with E-state index >= 15 is 0 Å². The third-order valence-electron chi connectivity index (χ3n) is 4.15. The van der Waals surface area contributed by atoms with Crippen molar-refractivity contribution in [2.24, 2.45) is 11.8 Å². The molecule has 0 radical (unpaired) electrons. The zero-order valence-electron chi connectivity index (χ0n) is 10.5. The summed E-state index contributed by atoms with van der Waals surface area (Å²) in [6.07, 6.45) is 2.74. The van der Waals surface area contributed by atoms with Crippen LogP contribution < -0.4 is 0 Å². The maximum atomic E-state index is 9.49. The Labute approximate surface area is 108 Å². The normalized spacial score (nSPS) is 34.7. The summed E-state index contributed by atoms with van der Waals surface area (Å²) in [6, 6.07) is 10.2. The Kier molecular flexibility index (Phi) is 3.64. The first-order valence-electron chi connectivity index (χ1n) is 6.78. The van der Waals surface area contributed by atoms with Crippen LogP contribution in [0.3, 0.4) is 0 Å². The lowest BCUT2D eigenvalue weighted by atomic mass is 9.94. The third-order valence-corrected chi connectivity index (χ3v) is 4.15. The Bertz CT molecular complexity index is 379.